The van der Waals surface area contributed by atoms with Crippen LogP contribution in [0.15, 0.2) is 27.2 Å². The second-order valence-corrected chi connectivity index (χ2v) is 7.40. The lowest BCUT2D eigenvalue weighted by Gasteiger charge is -2.39. The monoisotopic (exact) mass is 387 g/mol. The molecular weight excluding hydrogens is 370 g/mol. The number of halogens is 1. The van der Waals surface area contributed by atoms with E-state index >= 15 is 0 Å². The Balaban J connectivity index is 1.59. The lowest BCUT2D eigenvalue weighted by molar-refractivity contribution is 0.177. The molecule has 1 aliphatic heterocycles. The smallest absolute Gasteiger partial charge is 0.245 e. The maximum absolute atomic E-state index is 9.43. The highest BCUT2D eigenvalue weighted by molar-refractivity contribution is 9.10. The zero-order valence-corrected chi connectivity index (χ0v) is 15.0. The van der Waals surface area contributed by atoms with Gasteiger partial charge in [0.2, 0.25) is 5.89 Å². The Morgan fingerprint density at radius 2 is 2.17 bits per heavy atom. The molecule has 124 valence electrons. The van der Waals surface area contributed by atoms with Gasteiger partial charge in [-0.2, -0.15) is 10.2 Å². The van der Waals surface area contributed by atoms with Crippen molar-refractivity contribution in [3.8, 4) is 6.07 Å². The predicted molar refractivity (Wildman–Crippen MR) is 92.7 cm³/mol. The molecule has 0 spiro atoms. The summed E-state index contributed by atoms with van der Waals surface area (Å²) in [6.07, 6.45) is 2.33. The van der Waals surface area contributed by atoms with Crippen LogP contribution < -0.4 is 4.90 Å². The Hall–Kier alpha value is -1.91. The SMILES string of the molecule is CN1CCN(c2ccc(Br)cc2C#N)CC1c1nc(C2CC2)no1. The third-order valence-electron chi connectivity index (χ3n) is 4.75. The molecule has 1 atom stereocenters. The number of hydrogen-bond acceptors (Lipinski definition) is 6. The molecule has 24 heavy (non-hydrogen) atoms. The Bertz CT molecular complexity index is 795. The van der Waals surface area contributed by atoms with Crippen LogP contribution in [0, 0.1) is 11.3 Å². The molecular formula is C17H18BrN5O. The lowest BCUT2D eigenvalue weighted by Crippen LogP contribution is -2.47. The van der Waals surface area contributed by atoms with Gasteiger partial charge in [-0.25, -0.2) is 0 Å². The normalized spacial score (nSPS) is 21.7. The molecule has 1 aliphatic carbocycles. The van der Waals surface area contributed by atoms with Crippen LogP contribution in [0.25, 0.3) is 0 Å². The summed E-state index contributed by atoms with van der Waals surface area (Å²) in [5, 5.41) is 13.6. The van der Waals surface area contributed by atoms with Crippen LogP contribution in [0.5, 0.6) is 0 Å². The Morgan fingerprint density at radius 3 is 2.92 bits per heavy atom. The molecule has 6 nitrogen and oxygen atoms in total. The van der Waals surface area contributed by atoms with E-state index in [1.165, 1.54) is 0 Å². The van der Waals surface area contributed by atoms with Crippen molar-refractivity contribution < 1.29 is 4.52 Å². The molecule has 1 saturated carbocycles. The zero-order valence-electron chi connectivity index (χ0n) is 13.4. The van der Waals surface area contributed by atoms with Crippen molar-refractivity contribution in [1.82, 2.24) is 15.0 Å². The van der Waals surface area contributed by atoms with Crippen LogP contribution in [0.4, 0.5) is 5.69 Å². The van der Waals surface area contributed by atoms with Gasteiger partial charge in [-0.15, -0.1) is 0 Å². The summed E-state index contributed by atoms with van der Waals surface area (Å²) in [7, 11) is 2.08. The van der Waals surface area contributed by atoms with E-state index in [1.807, 2.05) is 18.2 Å². The molecule has 4 rings (SSSR count). The molecule has 0 N–H and O–H groups in total. The maximum Gasteiger partial charge on any atom is 0.245 e. The quantitative estimate of drug-likeness (QED) is 0.805. The second-order valence-electron chi connectivity index (χ2n) is 6.48. The van der Waals surface area contributed by atoms with Crippen molar-refractivity contribution >= 4 is 21.6 Å². The summed E-state index contributed by atoms with van der Waals surface area (Å²) < 4.78 is 6.45. The van der Waals surface area contributed by atoms with Crippen LogP contribution in [-0.4, -0.2) is 41.7 Å². The first-order valence-corrected chi connectivity index (χ1v) is 8.93. The van der Waals surface area contributed by atoms with E-state index in [1.54, 1.807) is 0 Å². The third-order valence-corrected chi connectivity index (χ3v) is 5.25. The minimum absolute atomic E-state index is 0.0499. The van der Waals surface area contributed by atoms with Crippen molar-refractivity contribution in [3.63, 3.8) is 0 Å². The molecule has 0 amide bonds. The number of piperazine rings is 1. The van der Waals surface area contributed by atoms with Gasteiger partial charge >= 0.3 is 0 Å². The number of anilines is 1. The summed E-state index contributed by atoms with van der Waals surface area (Å²) in [5.74, 6) is 2.01. The molecule has 1 aromatic carbocycles. The van der Waals surface area contributed by atoms with E-state index in [9.17, 15) is 5.26 Å². The maximum atomic E-state index is 9.43. The number of nitrogens with zero attached hydrogens (tertiary/aromatic N) is 5. The fourth-order valence-corrected chi connectivity index (χ4v) is 3.48. The fourth-order valence-electron chi connectivity index (χ4n) is 3.12. The molecule has 1 saturated heterocycles. The minimum Gasteiger partial charge on any atom is -0.367 e. The highest BCUT2D eigenvalue weighted by atomic mass is 79.9. The zero-order chi connectivity index (χ0) is 16.7. The van der Waals surface area contributed by atoms with Crippen LogP contribution in [0.1, 0.15) is 42.1 Å². The van der Waals surface area contributed by atoms with E-state index in [-0.39, 0.29) is 6.04 Å². The van der Waals surface area contributed by atoms with Crippen molar-refractivity contribution in [2.75, 3.05) is 31.6 Å². The van der Waals surface area contributed by atoms with Crippen molar-refractivity contribution in [1.29, 1.82) is 5.26 Å². The number of likely N-dealkylation sites (N-methyl/N-ethyl adjacent to an activating group) is 1. The number of rotatable bonds is 3. The molecule has 1 unspecified atom stereocenters. The Labute approximate surface area is 149 Å². The van der Waals surface area contributed by atoms with Crippen molar-refractivity contribution in [2.24, 2.45) is 0 Å². The minimum atomic E-state index is 0.0499. The van der Waals surface area contributed by atoms with Gasteiger partial charge in [0.25, 0.3) is 0 Å². The fraction of sp³-hybridized carbons (Fsp3) is 0.471. The largest absolute Gasteiger partial charge is 0.367 e. The van der Waals surface area contributed by atoms with Gasteiger partial charge in [0, 0.05) is 30.0 Å². The molecule has 2 aromatic rings. The number of benzene rings is 1. The van der Waals surface area contributed by atoms with Crippen molar-refractivity contribution in [2.45, 2.75) is 24.8 Å². The topological polar surface area (TPSA) is 69.2 Å². The standard InChI is InChI=1S/C17H18BrN5O/c1-22-6-7-23(14-5-4-13(18)8-12(14)9-19)10-15(22)17-20-16(21-24-17)11-2-3-11/h4-5,8,11,15H,2-3,6-7,10H2,1H3. The number of nitriles is 1. The lowest BCUT2D eigenvalue weighted by atomic mass is 10.1. The summed E-state index contributed by atoms with van der Waals surface area (Å²) in [4.78, 5) is 9.09. The molecule has 7 heteroatoms. The molecule has 2 fully saturated rings. The van der Waals surface area contributed by atoms with Gasteiger partial charge < -0.3 is 9.42 Å². The van der Waals surface area contributed by atoms with Crippen molar-refractivity contribution in [3.05, 3.63) is 40.0 Å². The third kappa shape index (κ3) is 2.92. The second kappa shape index (κ2) is 6.19. The van der Waals surface area contributed by atoms with Gasteiger partial charge in [-0.1, -0.05) is 21.1 Å². The molecule has 2 heterocycles. The first-order valence-electron chi connectivity index (χ1n) is 8.14. The average Bonchev–Trinajstić information content (AvgIpc) is 3.33. The molecule has 0 bridgehead atoms. The first-order chi connectivity index (χ1) is 11.7. The van der Waals surface area contributed by atoms with E-state index in [0.717, 1.165) is 48.5 Å². The molecule has 1 aromatic heterocycles. The van der Waals surface area contributed by atoms with Gasteiger partial charge in [0.05, 0.1) is 11.3 Å². The molecule has 0 radical (unpaired) electrons. The predicted octanol–water partition coefficient (Wildman–Crippen LogP) is 3.07. The Morgan fingerprint density at radius 1 is 1.33 bits per heavy atom. The van der Waals surface area contributed by atoms with Crippen LogP contribution in [-0.2, 0) is 0 Å². The van der Waals surface area contributed by atoms with Gasteiger partial charge in [0.15, 0.2) is 5.82 Å². The van der Waals surface area contributed by atoms with Crippen LogP contribution >= 0.6 is 15.9 Å². The highest BCUT2D eigenvalue weighted by Crippen LogP contribution is 2.39. The van der Waals surface area contributed by atoms with E-state index in [0.29, 0.717) is 17.4 Å². The van der Waals surface area contributed by atoms with E-state index in [4.69, 9.17) is 4.52 Å². The Kier molecular flexibility index (Phi) is 4.02. The summed E-state index contributed by atoms with van der Waals surface area (Å²) >= 11 is 3.43. The number of aromatic nitrogens is 2. The summed E-state index contributed by atoms with van der Waals surface area (Å²) in [5.41, 5.74) is 1.64. The highest BCUT2D eigenvalue weighted by Gasteiger charge is 2.34. The number of hydrogen-bond donors (Lipinski definition) is 0. The average molecular weight is 388 g/mol. The van der Waals surface area contributed by atoms with Crippen LogP contribution in [0.2, 0.25) is 0 Å². The summed E-state index contributed by atoms with van der Waals surface area (Å²) in [6.45, 7) is 2.48. The van der Waals surface area contributed by atoms with Gasteiger partial charge in [-0.05, 0) is 38.1 Å². The summed E-state index contributed by atoms with van der Waals surface area (Å²) in [6, 6.07) is 8.17. The van der Waals surface area contributed by atoms with Crippen LogP contribution in [0.3, 0.4) is 0 Å². The van der Waals surface area contributed by atoms with E-state index < -0.39 is 0 Å². The molecule has 2 aliphatic rings. The van der Waals surface area contributed by atoms with Gasteiger partial charge in [-0.3, -0.25) is 4.90 Å². The van der Waals surface area contributed by atoms with Gasteiger partial charge in [0.1, 0.15) is 12.1 Å². The van der Waals surface area contributed by atoms with E-state index in [2.05, 4.69) is 49.0 Å². The first kappa shape index (κ1) is 15.6.